The smallest absolute Gasteiger partial charge is 0.233 e. The number of nitrogens with one attached hydrogen (secondary N) is 2. The number of aryl methyl sites for hydroxylation is 1. The third kappa shape index (κ3) is 6.25. The minimum atomic E-state index is -0.306. The van der Waals surface area contributed by atoms with Gasteiger partial charge in [0.2, 0.25) is 11.8 Å². The summed E-state index contributed by atoms with van der Waals surface area (Å²) in [6.45, 7) is 3.91. The lowest BCUT2D eigenvalue weighted by Crippen LogP contribution is -2.33. The Morgan fingerprint density at radius 2 is 2.10 bits per heavy atom. The average Bonchev–Trinajstić information content (AvgIpc) is 2.43. The zero-order valence-corrected chi connectivity index (χ0v) is 13.8. The number of anilines is 1. The molecule has 2 N–H and O–H groups in total. The molecule has 1 unspecified atom stereocenters. The summed E-state index contributed by atoms with van der Waals surface area (Å²) >= 11 is 3.29. The second-order valence-corrected chi connectivity index (χ2v) is 5.91. The van der Waals surface area contributed by atoms with Crippen molar-refractivity contribution in [3.8, 4) is 0 Å². The van der Waals surface area contributed by atoms with E-state index in [1.54, 1.807) is 13.0 Å². The molecule has 0 spiro atoms. The minimum absolute atomic E-state index is 0.109. The molecule has 116 valence electrons. The van der Waals surface area contributed by atoms with Crippen LogP contribution < -0.4 is 10.6 Å². The Morgan fingerprint density at radius 3 is 2.71 bits per heavy atom. The van der Waals surface area contributed by atoms with Gasteiger partial charge in [0, 0.05) is 18.7 Å². The summed E-state index contributed by atoms with van der Waals surface area (Å²) in [6, 6.07) is 4.39. The maximum atomic E-state index is 13.1. The monoisotopic (exact) mass is 358 g/mol. The maximum absolute atomic E-state index is 13.1. The predicted molar refractivity (Wildman–Crippen MR) is 85.0 cm³/mol. The summed E-state index contributed by atoms with van der Waals surface area (Å²) in [4.78, 5) is 23.1. The molecule has 0 saturated heterocycles. The van der Waals surface area contributed by atoms with Crippen molar-refractivity contribution in [2.45, 2.75) is 37.9 Å². The summed E-state index contributed by atoms with van der Waals surface area (Å²) in [6.07, 6.45) is 1.84. The molecule has 0 aromatic heterocycles. The van der Waals surface area contributed by atoms with Crippen molar-refractivity contribution in [1.29, 1.82) is 0 Å². The van der Waals surface area contributed by atoms with Gasteiger partial charge in [0.15, 0.2) is 0 Å². The number of rotatable bonds is 7. The van der Waals surface area contributed by atoms with Gasteiger partial charge in [-0.15, -0.1) is 0 Å². The molecule has 1 aromatic carbocycles. The van der Waals surface area contributed by atoms with Crippen LogP contribution in [-0.4, -0.2) is 23.2 Å². The SMILES string of the molecule is CCCC(Br)C(=O)NCCC(=O)Nc1ccc(F)c(C)c1. The Bertz CT molecular complexity index is 508. The molecule has 4 nitrogen and oxygen atoms in total. The number of hydrogen-bond donors (Lipinski definition) is 2. The Hall–Kier alpha value is -1.43. The van der Waals surface area contributed by atoms with Crippen molar-refractivity contribution in [3.63, 3.8) is 0 Å². The second kappa shape index (κ2) is 8.77. The molecular formula is C15H20BrFN2O2. The summed E-state index contributed by atoms with van der Waals surface area (Å²) in [7, 11) is 0. The van der Waals surface area contributed by atoms with Gasteiger partial charge in [0.05, 0.1) is 4.83 Å². The Labute approximate surface area is 132 Å². The molecule has 1 aromatic rings. The predicted octanol–water partition coefficient (Wildman–Crippen LogP) is 3.14. The van der Waals surface area contributed by atoms with Gasteiger partial charge < -0.3 is 10.6 Å². The van der Waals surface area contributed by atoms with Crippen molar-refractivity contribution >= 4 is 33.4 Å². The lowest BCUT2D eigenvalue weighted by molar-refractivity contribution is -0.120. The highest BCUT2D eigenvalue weighted by atomic mass is 79.9. The molecule has 21 heavy (non-hydrogen) atoms. The topological polar surface area (TPSA) is 58.2 Å². The van der Waals surface area contributed by atoms with Gasteiger partial charge in [-0.05, 0) is 37.1 Å². The van der Waals surface area contributed by atoms with Crippen LogP contribution in [0.3, 0.4) is 0 Å². The Balaban J connectivity index is 2.34. The van der Waals surface area contributed by atoms with E-state index in [0.29, 0.717) is 11.3 Å². The lowest BCUT2D eigenvalue weighted by atomic mass is 10.2. The summed E-state index contributed by atoms with van der Waals surface area (Å²) in [5.41, 5.74) is 1.03. The lowest BCUT2D eigenvalue weighted by Gasteiger charge is -2.10. The highest BCUT2D eigenvalue weighted by molar-refractivity contribution is 9.10. The second-order valence-electron chi connectivity index (χ2n) is 4.81. The van der Waals surface area contributed by atoms with Crippen LogP contribution in [-0.2, 0) is 9.59 Å². The van der Waals surface area contributed by atoms with E-state index in [4.69, 9.17) is 0 Å². The van der Waals surface area contributed by atoms with Crippen LogP contribution in [0.4, 0.5) is 10.1 Å². The first-order valence-electron chi connectivity index (χ1n) is 6.91. The van der Waals surface area contributed by atoms with Crippen molar-refractivity contribution < 1.29 is 14.0 Å². The van der Waals surface area contributed by atoms with Crippen molar-refractivity contribution in [2.24, 2.45) is 0 Å². The number of carbonyl (C=O) groups excluding carboxylic acids is 2. The van der Waals surface area contributed by atoms with Gasteiger partial charge in [-0.2, -0.15) is 0 Å². The van der Waals surface area contributed by atoms with E-state index >= 15 is 0 Å². The molecule has 0 bridgehead atoms. The summed E-state index contributed by atoms with van der Waals surface area (Å²) < 4.78 is 13.1. The molecular weight excluding hydrogens is 339 g/mol. The van der Waals surface area contributed by atoms with Crippen LogP contribution in [0, 0.1) is 12.7 Å². The quantitative estimate of drug-likeness (QED) is 0.735. The van der Waals surface area contributed by atoms with Crippen LogP contribution in [0.1, 0.15) is 31.7 Å². The van der Waals surface area contributed by atoms with Crippen LogP contribution in [0.25, 0.3) is 0 Å². The number of amides is 2. The minimum Gasteiger partial charge on any atom is -0.355 e. The summed E-state index contributed by atoms with van der Waals surface area (Å²) in [5, 5.41) is 5.37. The molecule has 2 amide bonds. The van der Waals surface area contributed by atoms with E-state index in [2.05, 4.69) is 26.6 Å². The standard InChI is InChI=1S/C15H20BrFN2O2/c1-3-4-12(16)15(21)18-8-7-14(20)19-11-5-6-13(17)10(2)9-11/h5-6,9,12H,3-4,7-8H2,1-2H3,(H,18,21)(H,19,20). The number of benzene rings is 1. The molecule has 0 aliphatic heterocycles. The first-order chi connectivity index (χ1) is 9.93. The largest absolute Gasteiger partial charge is 0.355 e. The molecule has 1 rings (SSSR count). The van der Waals surface area contributed by atoms with Crippen LogP contribution in [0.15, 0.2) is 18.2 Å². The van der Waals surface area contributed by atoms with Gasteiger partial charge in [0.25, 0.3) is 0 Å². The average molecular weight is 359 g/mol. The normalized spacial score (nSPS) is 11.8. The van der Waals surface area contributed by atoms with Gasteiger partial charge >= 0.3 is 0 Å². The number of halogens is 2. The zero-order chi connectivity index (χ0) is 15.8. The van der Waals surface area contributed by atoms with E-state index in [-0.39, 0.29) is 35.4 Å². The number of alkyl halides is 1. The molecule has 0 saturated carbocycles. The molecule has 0 radical (unpaired) electrons. The third-order valence-corrected chi connectivity index (χ3v) is 3.79. The number of carbonyl (C=O) groups is 2. The van der Waals surface area contributed by atoms with E-state index in [1.165, 1.54) is 12.1 Å². The highest BCUT2D eigenvalue weighted by Gasteiger charge is 2.13. The van der Waals surface area contributed by atoms with Crippen LogP contribution in [0.2, 0.25) is 0 Å². The molecule has 0 aliphatic rings. The fourth-order valence-corrected chi connectivity index (χ4v) is 2.36. The molecule has 6 heteroatoms. The molecule has 0 aliphatic carbocycles. The van der Waals surface area contributed by atoms with Gasteiger partial charge in [-0.25, -0.2) is 4.39 Å². The first kappa shape index (κ1) is 17.6. The van der Waals surface area contributed by atoms with Gasteiger partial charge in [-0.3, -0.25) is 9.59 Å². The van der Waals surface area contributed by atoms with E-state index in [0.717, 1.165) is 12.8 Å². The fourth-order valence-electron chi connectivity index (χ4n) is 1.74. The van der Waals surface area contributed by atoms with E-state index in [1.807, 2.05) is 6.92 Å². The van der Waals surface area contributed by atoms with Crippen molar-refractivity contribution in [1.82, 2.24) is 5.32 Å². The summed E-state index contributed by atoms with van der Waals surface area (Å²) in [5.74, 6) is -0.634. The van der Waals surface area contributed by atoms with Crippen LogP contribution >= 0.6 is 15.9 Å². The highest BCUT2D eigenvalue weighted by Crippen LogP contribution is 2.13. The van der Waals surface area contributed by atoms with Crippen molar-refractivity contribution in [3.05, 3.63) is 29.6 Å². The zero-order valence-electron chi connectivity index (χ0n) is 12.2. The third-order valence-electron chi connectivity index (χ3n) is 2.92. The van der Waals surface area contributed by atoms with Gasteiger partial charge in [0.1, 0.15) is 5.82 Å². The van der Waals surface area contributed by atoms with Crippen LogP contribution in [0.5, 0.6) is 0 Å². The number of hydrogen-bond acceptors (Lipinski definition) is 2. The Morgan fingerprint density at radius 1 is 1.38 bits per heavy atom. The fraction of sp³-hybridized carbons (Fsp3) is 0.467. The molecule has 1 atom stereocenters. The van der Waals surface area contributed by atoms with Crippen molar-refractivity contribution in [2.75, 3.05) is 11.9 Å². The molecule has 0 fully saturated rings. The first-order valence-corrected chi connectivity index (χ1v) is 7.83. The molecule has 0 heterocycles. The van der Waals surface area contributed by atoms with E-state index < -0.39 is 0 Å². The maximum Gasteiger partial charge on any atom is 0.233 e. The van der Waals surface area contributed by atoms with Gasteiger partial charge in [-0.1, -0.05) is 29.3 Å². The van der Waals surface area contributed by atoms with E-state index in [9.17, 15) is 14.0 Å². The Kier molecular flexibility index (Phi) is 7.36.